The Morgan fingerprint density at radius 3 is 2.75 bits per heavy atom. The molecular formula is C22H28N4O2. The Kier molecular flexibility index (Phi) is 5.98. The molecule has 2 aliphatic heterocycles. The summed E-state index contributed by atoms with van der Waals surface area (Å²) in [5.74, 6) is 0.932. The van der Waals surface area contributed by atoms with Gasteiger partial charge in [-0.25, -0.2) is 9.97 Å². The van der Waals surface area contributed by atoms with E-state index in [0.29, 0.717) is 0 Å². The Balaban J connectivity index is 1.33. The quantitative estimate of drug-likeness (QED) is 0.816. The van der Waals surface area contributed by atoms with Gasteiger partial charge in [0.15, 0.2) is 5.82 Å². The Hall–Kier alpha value is -2.31. The topological polar surface area (TPSA) is 58.6 Å². The van der Waals surface area contributed by atoms with Gasteiger partial charge in [-0.3, -0.25) is 9.69 Å². The molecule has 148 valence electrons. The second-order valence-corrected chi connectivity index (χ2v) is 7.74. The Morgan fingerprint density at radius 2 is 2.00 bits per heavy atom. The van der Waals surface area contributed by atoms with Crippen LogP contribution in [0.2, 0.25) is 0 Å². The number of hydrogen-bond donors (Lipinski definition) is 0. The molecule has 6 nitrogen and oxygen atoms in total. The fraction of sp³-hybridized carbons (Fsp3) is 0.500. The number of carbonyl (C=O) groups excluding carboxylic acids is 1. The third kappa shape index (κ3) is 4.56. The molecule has 0 bridgehead atoms. The highest BCUT2D eigenvalue weighted by Gasteiger charge is 2.29. The zero-order chi connectivity index (χ0) is 19.3. The van der Waals surface area contributed by atoms with Gasteiger partial charge in [0, 0.05) is 62.9 Å². The SMILES string of the molecule is Cc1cccc(-c2ncc(CN3CCCN(C(=O)C4CCCO4)CC3)cn2)c1. The van der Waals surface area contributed by atoms with Crippen LogP contribution in [0.5, 0.6) is 0 Å². The molecule has 1 atom stereocenters. The fourth-order valence-corrected chi connectivity index (χ4v) is 3.95. The lowest BCUT2D eigenvalue weighted by atomic mass is 10.1. The van der Waals surface area contributed by atoms with Crippen LogP contribution in [0.1, 0.15) is 30.4 Å². The van der Waals surface area contributed by atoms with E-state index in [-0.39, 0.29) is 12.0 Å². The maximum Gasteiger partial charge on any atom is 0.251 e. The van der Waals surface area contributed by atoms with Crippen molar-refractivity contribution in [3.05, 3.63) is 47.8 Å². The minimum Gasteiger partial charge on any atom is -0.368 e. The lowest BCUT2D eigenvalue weighted by Gasteiger charge is -2.24. The third-order valence-electron chi connectivity index (χ3n) is 5.49. The third-order valence-corrected chi connectivity index (χ3v) is 5.49. The van der Waals surface area contributed by atoms with Crippen molar-refractivity contribution in [1.29, 1.82) is 0 Å². The van der Waals surface area contributed by atoms with E-state index in [9.17, 15) is 4.79 Å². The molecule has 2 aromatic rings. The van der Waals surface area contributed by atoms with E-state index < -0.39 is 0 Å². The van der Waals surface area contributed by atoms with Crippen LogP contribution < -0.4 is 0 Å². The molecule has 0 aliphatic carbocycles. The van der Waals surface area contributed by atoms with Gasteiger partial charge in [0.25, 0.3) is 5.91 Å². The minimum atomic E-state index is -0.214. The number of hydrogen-bond acceptors (Lipinski definition) is 5. The van der Waals surface area contributed by atoms with Crippen molar-refractivity contribution < 1.29 is 9.53 Å². The van der Waals surface area contributed by atoms with Crippen molar-refractivity contribution in [1.82, 2.24) is 19.8 Å². The van der Waals surface area contributed by atoms with Crippen molar-refractivity contribution in [2.24, 2.45) is 0 Å². The number of amides is 1. The van der Waals surface area contributed by atoms with Crippen molar-refractivity contribution >= 4 is 5.91 Å². The van der Waals surface area contributed by atoms with E-state index in [4.69, 9.17) is 4.74 Å². The number of ether oxygens (including phenoxy) is 1. The first-order valence-corrected chi connectivity index (χ1v) is 10.2. The van der Waals surface area contributed by atoms with Crippen molar-refractivity contribution in [3.63, 3.8) is 0 Å². The first-order valence-electron chi connectivity index (χ1n) is 10.2. The normalized spacial score (nSPS) is 20.9. The van der Waals surface area contributed by atoms with Gasteiger partial charge in [-0.2, -0.15) is 0 Å². The molecule has 4 rings (SSSR count). The first-order chi connectivity index (χ1) is 13.7. The molecule has 2 saturated heterocycles. The molecule has 6 heteroatoms. The van der Waals surface area contributed by atoms with Crippen LogP contribution in [0, 0.1) is 6.92 Å². The second-order valence-electron chi connectivity index (χ2n) is 7.74. The van der Waals surface area contributed by atoms with Crippen LogP contribution in [0.15, 0.2) is 36.7 Å². The highest BCUT2D eigenvalue weighted by atomic mass is 16.5. The summed E-state index contributed by atoms with van der Waals surface area (Å²) in [4.78, 5) is 26.1. The monoisotopic (exact) mass is 380 g/mol. The lowest BCUT2D eigenvalue weighted by molar-refractivity contribution is -0.140. The summed E-state index contributed by atoms with van der Waals surface area (Å²) >= 11 is 0. The Labute approximate surface area is 166 Å². The second kappa shape index (κ2) is 8.80. The smallest absolute Gasteiger partial charge is 0.251 e. The van der Waals surface area contributed by atoms with E-state index in [1.165, 1.54) is 5.56 Å². The van der Waals surface area contributed by atoms with Crippen LogP contribution in [-0.2, 0) is 16.1 Å². The zero-order valence-electron chi connectivity index (χ0n) is 16.5. The summed E-state index contributed by atoms with van der Waals surface area (Å²) < 4.78 is 5.56. The van der Waals surface area contributed by atoms with Gasteiger partial charge in [0.1, 0.15) is 6.10 Å². The van der Waals surface area contributed by atoms with Crippen molar-refractivity contribution in [3.8, 4) is 11.4 Å². The predicted molar refractivity (Wildman–Crippen MR) is 108 cm³/mol. The molecule has 1 aromatic heterocycles. The predicted octanol–water partition coefficient (Wildman–Crippen LogP) is 2.67. The van der Waals surface area contributed by atoms with Crippen LogP contribution in [0.25, 0.3) is 11.4 Å². The highest BCUT2D eigenvalue weighted by molar-refractivity contribution is 5.81. The summed E-state index contributed by atoms with van der Waals surface area (Å²) in [6, 6.07) is 8.24. The average molecular weight is 380 g/mol. The summed E-state index contributed by atoms with van der Waals surface area (Å²) in [5, 5.41) is 0. The van der Waals surface area contributed by atoms with Crippen molar-refractivity contribution in [2.75, 3.05) is 32.8 Å². The number of rotatable bonds is 4. The molecule has 3 heterocycles. The van der Waals surface area contributed by atoms with E-state index in [1.54, 1.807) is 0 Å². The van der Waals surface area contributed by atoms with Gasteiger partial charge < -0.3 is 9.64 Å². The minimum absolute atomic E-state index is 0.171. The van der Waals surface area contributed by atoms with E-state index in [0.717, 1.165) is 75.5 Å². The molecule has 1 aromatic carbocycles. The molecule has 1 unspecified atom stereocenters. The summed E-state index contributed by atoms with van der Waals surface area (Å²) in [7, 11) is 0. The van der Waals surface area contributed by atoms with E-state index in [1.807, 2.05) is 29.4 Å². The average Bonchev–Trinajstić information content (AvgIpc) is 3.15. The molecule has 0 N–H and O–H groups in total. The van der Waals surface area contributed by atoms with Crippen LogP contribution in [0.3, 0.4) is 0 Å². The molecule has 28 heavy (non-hydrogen) atoms. The van der Waals surface area contributed by atoms with Gasteiger partial charge in [-0.1, -0.05) is 23.8 Å². The van der Waals surface area contributed by atoms with Gasteiger partial charge in [0.05, 0.1) is 0 Å². The molecule has 2 fully saturated rings. The molecule has 1 amide bonds. The Bertz CT molecular complexity index is 802. The fourth-order valence-electron chi connectivity index (χ4n) is 3.95. The van der Waals surface area contributed by atoms with Crippen LogP contribution >= 0.6 is 0 Å². The lowest BCUT2D eigenvalue weighted by Crippen LogP contribution is -2.41. The standard InChI is InChI=1S/C22H28N4O2/c1-17-5-2-6-19(13-17)21-23-14-18(15-24-21)16-25-8-4-9-26(11-10-25)22(27)20-7-3-12-28-20/h2,5-6,13-15,20H,3-4,7-12,16H2,1H3. The number of aromatic nitrogens is 2. The van der Waals surface area contributed by atoms with Crippen molar-refractivity contribution in [2.45, 2.75) is 38.8 Å². The number of aryl methyl sites for hydroxylation is 1. The van der Waals surface area contributed by atoms with Crippen LogP contribution in [0.4, 0.5) is 0 Å². The molecule has 0 saturated carbocycles. The van der Waals surface area contributed by atoms with Gasteiger partial charge in [-0.15, -0.1) is 0 Å². The Morgan fingerprint density at radius 1 is 1.14 bits per heavy atom. The number of nitrogens with zero attached hydrogens (tertiary/aromatic N) is 4. The van der Waals surface area contributed by atoms with Gasteiger partial charge >= 0.3 is 0 Å². The summed E-state index contributed by atoms with van der Waals surface area (Å²) in [6.45, 7) is 7.04. The van der Waals surface area contributed by atoms with E-state index >= 15 is 0 Å². The molecule has 0 spiro atoms. The highest BCUT2D eigenvalue weighted by Crippen LogP contribution is 2.18. The summed E-state index contributed by atoms with van der Waals surface area (Å²) in [5.41, 5.74) is 3.36. The molecule has 2 aliphatic rings. The molecular weight excluding hydrogens is 352 g/mol. The maximum atomic E-state index is 12.6. The number of benzene rings is 1. The maximum absolute atomic E-state index is 12.6. The largest absolute Gasteiger partial charge is 0.368 e. The van der Waals surface area contributed by atoms with E-state index in [2.05, 4.69) is 33.9 Å². The first kappa shape index (κ1) is 19.0. The van der Waals surface area contributed by atoms with Crippen LogP contribution in [-0.4, -0.2) is 64.6 Å². The summed E-state index contributed by atoms with van der Waals surface area (Å²) in [6.07, 6.45) is 6.48. The number of carbonyl (C=O) groups is 1. The van der Waals surface area contributed by atoms with Gasteiger partial charge in [0.2, 0.25) is 0 Å². The van der Waals surface area contributed by atoms with Gasteiger partial charge in [-0.05, 0) is 32.3 Å². The molecule has 0 radical (unpaired) electrons. The zero-order valence-corrected chi connectivity index (χ0v) is 16.5.